The smallest absolute Gasteiger partial charge is 0.254 e. The number of amides is 1. The minimum absolute atomic E-state index is 0.201. The molecule has 18 heavy (non-hydrogen) atoms. The largest absolute Gasteiger partial charge is 0.336 e. The Hall–Kier alpha value is -1.35. The van der Waals surface area contributed by atoms with Crippen LogP contribution in [-0.4, -0.2) is 37.0 Å². The monoisotopic (exact) mass is 246 g/mol. The Balaban J connectivity index is 2.18. The Kier molecular flexibility index (Phi) is 4.37. The molecule has 1 aromatic carbocycles. The van der Waals surface area contributed by atoms with Gasteiger partial charge in [0.2, 0.25) is 0 Å². The maximum absolute atomic E-state index is 12.5. The van der Waals surface area contributed by atoms with Crippen molar-refractivity contribution < 1.29 is 4.79 Å². The van der Waals surface area contributed by atoms with Gasteiger partial charge in [0.15, 0.2) is 0 Å². The van der Waals surface area contributed by atoms with Gasteiger partial charge in [0.05, 0.1) is 0 Å². The normalized spacial score (nSPS) is 19.2. The van der Waals surface area contributed by atoms with Gasteiger partial charge in [-0.25, -0.2) is 0 Å². The first-order valence-corrected chi connectivity index (χ1v) is 6.77. The van der Waals surface area contributed by atoms with Gasteiger partial charge in [-0.3, -0.25) is 4.79 Å². The van der Waals surface area contributed by atoms with Crippen LogP contribution in [-0.2, 0) is 6.42 Å². The van der Waals surface area contributed by atoms with E-state index in [9.17, 15) is 4.79 Å². The van der Waals surface area contributed by atoms with Crippen molar-refractivity contribution in [2.45, 2.75) is 32.2 Å². The van der Waals surface area contributed by atoms with E-state index >= 15 is 0 Å². The molecule has 1 aliphatic heterocycles. The number of likely N-dealkylation sites (tertiary alicyclic amines) is 1. The molecule has 1 N–H and O–H groups in total. The maximum atomic E-state index is 12.5. The number of likely N-dealkylation sites (N-methyl/N-ethyl adjacent to an activating group) is 1. The molecule has 0 aromatic heterocycles. The molecule has 0 spiro atoms. The molecule has 0 aliphatic carbocycles. The number of carbonyl (C=O) groups excluding carboxylic acids is 1. The maximum Gasteiger partial charge on any atom is 0.254 e. The van der Waals surface area contributed by atoms with Crippen LogP contribution in [0.1, 0.15) is 35.7 Å². The Morgan fingerprint density at radius 2 is 2.22 bits per heavy atom. The first kappa shape index (κ1) is 13.1. The highest BCUT2D eigenvalue weighted by molar-refractivity contribution is 5.96. The number of hydrogen-bond donors (Lipinski definition) is 1. The van der Waals surface area contributed by atoms with E-state index in [1.54, 1.807) is 0 Å². The minimum Gasteiger partial charge on any atom is -0.336 e. The summed E-state index contributed by atoms with van der Waals surface area (Å²) in [6.45, 7) is 3.95. The highest BCUT2D eigenvalue weighted by Gasteiger charge is 2.26. The number of rotatable bonds is 4. The van der Waals surface area contributed by atoms with Gasteiger partial charge in [-0.2, -0.15) is 0 Å². The lowest BCUT2D eigenvalue weighted by Crippen LogP contribution is -2.34. The topological polar surface area (TPSA) is 32.3 Å². The second kappa shape index (κ2) is 6.01. The zero-order chi connectivity index (χ0) is 13.0. The third-order valence-corrected chi connectivity index (χ3v) is 3.71. The predicted octanol–water partition coefficient (Wildman–Crippen LogP) is 2.07. The molecule has 1 saturated heterocycles. The van der Waals surface area contributed by atoms with Crippen LogP contribution in [0.2, 0.25) is 0 Å². The molecule has 98 valence electrons. The quantitative estimate of drug-likeness (QED) is 0.882. The van der Waals surface area contributed by atoms with Crippen LogP contribution < -0.4 is 5.32 Å². The molecule has 1 fully saturated rings. The summed E-state index contributed by atoms with van der Waals surface area (Å²) in [5.41, 5.74) is 2.03. The van der Waals surface area contributed by atoms with E-state index in [-0.39, 0.29) is 5.91 Å². The SMILES string of the molecule is CNCCc1ccccc1C(=O)N1CCCC1C. The highest BCUT2D eigenvalue weighted by Crippen LogP contribution is 2.21. The van der Waals surface area contributed by atoms with Gasteiger partial charge in [0.1, 0.15) is 0 Å². The molecular weight excluding hydrogens is 224 g/mol. The molecule has 0 saturated carbocycles. The average Bonchev–Trinajstić information content (AvgIpc) is 2.82. The molecule has 1 aromatic rings. The molecule has 2 rings (SSSR count). The van der Waals surface area contributed by atoms with Crippen molar-refractivity contribution in [3.05, 3.63) is 35.4 Å². The van der Waals surface area contributed by atoms with Gasteiger partial charge in [-0.15, -0.1) is 0 Å². The molecule has 0 bridgehead atoms. The lowest BCUT2D eigenvalue weighted by atomic mass is 10.0. The van der Waals surface area contributed by atoms with Crippen molar-refractivity contribution in [3.63, 3.8) is 0 Å². The summed E-state index contributed by atoms with van der Waals surface area (Å²) in [6.07, 6.45) is 3.16. The Morgan fingerprint density at radius 1 is 1.44 bits per heavy atom. The summed E-state index contributed by atoms with van der Waals surface area (Å²) in [6, 6.07) is 8.37. The van der Waals surface area contributed by atoms with Gasteiger partial charge >= 0.3 is 0 Å². The molecule has 1 atom stereocenters. The van der Waals surface area contributed by atoms with Crippen molar-refractivity contribution in [2.75, 3.05) is 20.1 Å². The van der Waals surface area contributed by atoms with E-state index in [4.69, 9.17) is 0 Å². The first-order valence-electron chi connectivity index (χ1n) is 6.77. The standard InChI is InChI=1S/C15H22N2O/c1-12-6-5-11-17(12)15(18)14-8-4-3-7-13(14)9-10-16-2/h3-4,7-8,12,16H,5-6,9-11H2,1-2H3. The van der Waals surface area contributed by atoms with Crippen molar-refractivity contribution >= 4 is 5.91 Å². The molecule has 1 amide bonds. The third kappa shape index (κ3) is 2.72. The lowest BCUT2D eigenvalue weighted by molar-refractivity contribution is 0.0746. The van der Waals surface area contributed by atoms with E-state index < -0.39 is 0 Å². The molecule has 3 nitrogen and oxygen atoms in total. The average molecular weight is 246 g/mol. The summed E-state index contributed by atoms with van der Waals surface area (Å²) >= 11 is 0. The van der Waals surface area contributed by atoms with Gasteiger partial charge in [-0.05, 0) is 51.4 Å². The van der Waals surface area contributed by atoms with Crippen molar-refractivity contribution in [2.24, 2.45) is 0 Å². The fourth-order valence-electron chi connectivity index (χ4n) is 2.60. The number of carbonyl (C=O) groups is 1. The number of hydrogen-bond acceptors (Lipinski definition) is 2. The highest BCUT2D eigenvalue weighted by atomic mass is 16.2. The second-order valence-electron chi connectivity index (χ2n) is 5.00. The van der Waals surface area contributed by atoms with E-state index in [1.807, 2.05) is 30.1 Å². The Bertz CT molecular complexity index is 417. The van der Waals surface area contributed by atoms with E-state index in [0.717, 1.165) is 43.5 Å². The molecular formula is C15H22N2O. The molecule has 1 unspecified atom stereocenters. The fourth-order valence-corrected chi connectivity index (χ4v) is 2.60. The van der Waals surface area contributed by atoms with Crippen LogP contribution >= 0.6 is 0 Å². The first-order chi connectivity index (χ1) is 8.74. The van der Waals surface area contributed by atoms with Crippen LogP contribution in [0.25, 0.3) is 0 Å². The van der Waals surface area contributed by atoms with Crippen LogP contribution in [0, 0.1) is 0 Å². The van der Waals surface area contributed by atoms with Gasteiger partial charge < -0.3 is 10.2 Å². The predicted molar refractivity (Wildman–Crippen MR) is 73.8 cm³/mol. The van der Waals surface area contributed by atoms with Crippen LogP contribution in [0.5, 0.6) is 0 Å². The van der Waals surface area contributed by atoms with E-state index in [0.29, 0.717) is 6.04 Å². The van der Waals surface area contributed by atoms with Gasteiger partial charge in [-0.1, -0.05) is 18.2 Å². The van der Waals surface area contributed by atoms with Crippen LogP contribution in [0.15, 0.2) is 24.3 Å². The summed E-state index contributed by atoms with van der Waals surface area (Å²) in [5, 5.41) is 3.14. The Morgan fingerprint density at radius 3 is 2.89 bits per heavy atom. The molecule has 1 aliphatic rings. The summed E-state index contributed by atoms with van der Waals surface area (Å²) in [7, 11) is 1.94. The van der Waals surface area contributed by atoms with E-state index in [1.165, 1.54) is 0 Å². The van der Waals surface area contributed by atoms with Crippen LogP contribution in [0.4, 0.5) is 0 Å². The van der Waals surface area contributed by atoms with Gasteiger partial charge in [0, 0.05) is 18.2 Å². The molecule has 0 radical (unpaired) electrons. The fraction of sp³-hybridized carbons (Fsp3) is 0.533. The second-order valence-corrected chi connectivity index (χ2v) is 5.00. The lowest BCUT2D eigenvalue weighted by Gasteiger charge is -2.22. The summed E-state index contributed by atoms with van der Waals surface area (Å²) in [4.78, 5) is 14.6. The van der Waals surface area contributed by atoms with Crippen LogP contribution in [0.3, 0.4) is 0 Å². The third-order valence-electron chi connectivity index (χ3n) is 3.71. The minimum atomic E-state index is 0.201. The number of nitrogens with one attached hydrogen (secondary N) is 1. The van der Waals surface area contributed by atoms with Crippen molar-refractivity contribution in [3.8, 4) is 0 Å². The Labute approximate surface area is 109 Å². The summed E-state index contributed by atoms with van der Waals surface area (Å²) < 4.78 is 0. The van der Waals surface area contributed by atoms with Crippen molar-refractivity contribution in [1.82, 2.24) is 10.2 Å². The summed E-state index contributed by atoms with van der Waals surface area (Å²) in [5.74, 6) is 0.201. The van der Waals surface area contributed by atoms with Gasteiger partial charge in [0.25, 0.3) is 5.91 Å². The van der Waals surface area contributed by atoms with E-state index in [2.05, 4.69) is 18.3 Å². The van der Waals surface area contributed by atoms with Crippen molar-refractivity contribution in [1.29, 1.82) is 0 Å². The molecule has 1 heterocycles. The number of benzene rings is 1. The zero-order valence-corrected chi connectivity index (χ0v) is 11.3. The zero-order valence-electron chi connectivity index (χ0n) is 11.3. The number of nitrogens with zero attached hydrogens (tertiary/aromatic N) is 1. The molecule has 3 heteroatoms.